The summed E-state index contributed by atoms with van der Waals surface area (Å²) in [5, 5.41) is 12.6. The van der Waals surface area contributed by atoms with E-state index in [9.17, 15) is 9.59 Å². The van der Waals surface area contributed by atoms with E-state index in [2.05, 4.69) is 10.2 Å². The van der Waals surface area contributed by atoms with Gasteiger partial charge in [0.15, 0.2) is 0 Å². The Morgan fingerprint density at radius 2 is 1.96 bits per heavy atom. The molecular weight excluding hydrogens is 389 g/mol. The molecular formula is C19H29Cl2N3O3. The van der Waals surface area contributed by atoms with Crippen LogP contribution in [-0.4, -0.2) is 66.1 Å². The lowest BCUT2D eigenvalue weighted by atomic mass is 10.1. The van der Waals surface area contributed by atoms with Gasteiger partial charge in [-0.25, -0.2) is 0 Å². The van der Waals surface area contributed by atoms with Crippen LogP contribution in [-0.2, 0) is 9.59 Å². The summed E-state index contributed by atoms with van der Waals surface area (Å²) in [6, 6.07) is 7.67. The topological polar surface area (TPSA) is 72.9 Å². The molecule has 2 atom stereocenters. The minimum absolute atomic E-state index is 0. The lowest BCUT2D eigenvalue weighted by molar-refractivity contribution is -0.138. The molecule has 1 saturated heterocycles. The number of rotatable bonds is 7. The Labute approximate surface area is 172 Å². The van der Waals surface area contributed by atoms with Gasteiger partial charge in [0.1, 0.15) is 0 Å². The Morgan fingerprint density at radius 3 is 2.59 bits per heavy atom. The zero-order valence-electron chi connectivity index (χ0n) is 15.9. The van der Waals surface area contributed by atoms with Gasteiger partial charge in [-0.3, -0.25) is 19.4 Å². The first-order chi connectivity index (χ1) is 12.3. The Kier molecular flexibility index (Phi) is 10.1. The number of likely N-dealkylation sites (N-methyl/N-ethyl adjacent to an activating group) is 1. The third-order valence-electron chi connectivity index (χ3n) is 4.91. The summed E-state index contributed by atoms with van der Waals surface area (Å²) in [4.78, 5) is 27.3. The van der Waals surface area contributed by atoms with Crippen LogP contribution in [0.2, 0.25) is 5.02 Å². The third-order valence-corrected chi connectivity index (χ3v) is 5.16. The van der Waals surface area contributed by atoms with Crippen molar-refractivity contribution in [2.75, 3.05) is 33.2 Å². The van der Waals surface area contributed by atoms with Gasteiger partial charge in [-0.1, -0.05) is 23.7 Å². The maximum atomic E-state index is 12.4. The highest BCUT2D eigenvalue weighted by atomic mass is 35.5. The number of carbonyl (C=O) groups excluding carboxylic acids is 1. The fourth-order valence-corrected chi connectivity index (χ4v) is 3.53. The number of likely N-dealkylation sites (tertiary alicyclic amines) is 1. The van der Waals surface area contributed by atoms with Crippen LogP contribution in [0.1, 0.15) is 37.8 Å². The molecule has 2 N–H and O–H groups in total. The Bertz CT molecular complexity index is 613. The molecule has 0 bridgehead atoms. The van der Waals surface area contributed by atoms with Crippen molar-refractivity contribution in [2.45, 2.75) is 38.3 Å². The normalized spacial score (nSPS) is 19.0. The van der Waals surface area contributed by atoms with Crippen LogP contribution in [0.15, 0.2) is 24.3 Å². The first-order valence-corrected chi connectivity index (χ1v) is 9.42. The summed E-state index contributed by atoms with van der Waals surface area (Å²) in [5.74, 6) is -0.797. The van der Waals surface area contributed by atoms with Crippen molar-refractivity contribution >= 4 is 35.9 Å². The van der Waals surface area contributed by atoms with E-state index < -0.39 is 5.97 Å². The number of benzene rings is 1. The molecule has 0 saturated carbocycles. The van der Waals surface area contributed by atoms with Crippen LogP contribution in [0.5, 0.6) is 0 Å². The quantitative estimate of drug-likeness (QED) is 0.713. The average molecular weight is 418 g/mol. The fraction of sp³-hybridized carbons (Fsp3) is 0.579. The number of hydrogen-bond donors (Lipinski definition) is 2. The summed E-state index contributed by atoms with van der Waals surface area (Å²) in [6.07, 6.45) is 2.81. The molecule has 0 aliphatic carbocycles. The lowest BCUT2D eigenvalue weighted by Crippen LogP contribution is -2.40. The zero-order valence-corrected chi connectivity index (χ0v) is 17.4. The van der Waals surface area contributed by atoms with Crippen LogP contribution in [0, 0.1) is 0 Å². The molecule has 2 unspecified atom stereocenters. The van der Waals surface area contributed by atoms with E-state index in [0.29, 0.717) is 11.6 Å². The Hall–Kier alpha value is -1.34. The van der Waals surface area contributed by atoms with E-state index in [1.54, 1.807) is 0 Å². The molecule has 0 spiro atoms. The van der Waals surface area contributed by atoms with Crippen molar-refractivity contribution < 1.29 is 14.7 Å². The summed E-state index contributed by atoms with van der Waals surface area (Å²) < 4.78 is 0. The van der Waals surface area contributed by atoms with Gasteiger partial charge in [0.25, 0.3) is 0 Å². The molecule has 1 fully saturated rings. The van der Waals surface area contributed by atoms with Gasteiger partial charge >= 0.3 is 5.97 Å². The minimum Gasteiger partial charge on any atom is -0.480 e. The number of carboxylic acid groups (broad SMARTS) is 1. The number of amides is 1. The second-order valence-corrected chi connectivity index (χ2v) is 7.45. The number of carbonyl (C=O) groups is 2. The van der Waals surface area contributed by atoms with E-state index in [1.807, 2.05) is 43.1 Å². The maximum Gasteiger partial charge on any atom is 0.317 e. The molecule has 1 aromatic carbocycles. The van der Waals surface area contributed by atoms with Crippen LogP contribution in [0.25, 0.3) is 0 Å². The predicted octanol–water partition coefficient (Wildman–Crippen LogP) is 2.81. The van der Waals surface area contributed by atoms with E-state index in [0.717, 1.165) is 37.9 Å². The number of halogens is 2. The monoisotopic (exact) mass is 417 g/mol. The van der Waals surface area contributed by atoms with E-state index >= 15 is 0 Å². The number of nitrogens with zero attached hydrogens (tertiary/aromatic N) is 2. The lowest BCUT2D eigenvalue weighted by Gasteiger charge is -2.25. The zero-order chi connectivity index (χ0) is 19.1. The molecule has 0 radical (unpaired) electrons. The summed E-state index contributed by atoms with van der Waals surface area (Å²) >= 11 is 5.90. The van der Waals surface area contributed by atoms with Gasteiger partial charge in [0.2, 0.25) is 5.91 Å². The fourth-order valence-electron chi connectivity index (χ4n) is 3.40. The smallest absolute Gasteiger partial charge is 0.317 e. The first kappa shape index (κ1) is 23.7. The molecule has 0 aromatic heterocycles. The van der Waals surface area contributed by atoms with Gasteiger partial charge in [-0.15, -0.1) is 12.4 Å². The molecule has 6 nitrogen and oxygen atoms in total. The van der Waals surface area contributed by atoms with Gasteiger partial charge in [-0.05, 0) is 57.5 Å². The predicted molar refractivity (Wildman–Crippen MR) is 110 cm³/mol. The average Bonchev–Trinajstić information content (AvgIpc) is 2.80. The molecule has 1 aliphatic heterocycles. The van der Waals surface area contributed by atoms with Gasteiger partial charge in [0.05, 0.1) is 19.1 Å². The molecule has 8 heteroatoms. The molecule has 1 amide bonds. The maximum absolute atomic E-state index is 12.4. The second kappa shape index (κ2) is 11.5. The molecule has 27 heavy (non-hydrogen) atoms. The summed E-state index contributed by atoms with van der Waals surface area (Å²) in [6.45, 7) is 4.05. The number of carboxylic acids is 1. The highest BCUT2D eigenvalue weighted by Gasteiger charge is 2.23. The minimum atomic E-state index is -0.802. The largest absolute Gasteiger partial charge is 0.480 e. The van der Waals surface area contributed by atoms with Gasteiger partial charge in [-0.2, -0.15) is 0 Å². The highest BCUT2D eigenvalue weighted by molar-refractivity contribution is 6.30. The van der Waals surface area contributed by atoms with Crippen molar-refractivity contribution in [3.63, 3.8) is 0 Å². The molecule has 1 aromatic rings. The highest BCUT2D eigenvalue weighted by Crippen LogP contribution is 2.17. The van der Waals surface area contributed by atoms with Crippen molar-refractivity contribution in [3.8, 4) is 0 Å². The number of aliphatic carboxylic acids is 1. The molecule has 1 aliphatic rings. The van der Waals surface area contributed by atoms with Crippen molar-refractivity contribution in [1.82, 2.24) is 15.1 Å². The Morgan fingerprint density at radius 1 is 1.30 bits per heavy atom. The van der Waals surface area contributed by atoms with Gasteiger partial charge in [0, 0.05) is 17.6 Å². The van der Waals surface area contributed by atoms with Crippen LogP contribution >= 0.6 is 24.0 Å². The Balaban J connectivity index is 0.00000364. The van der Waals surface area contributed by atoms with Crippen LogP contribution < -0.4 is 5.32 Å². The van der Waals surface area contributed by atoms with E-state index in [1.165, 1.54) is 0 Å². The SMILES string of the molecule is CC(NC(=O)CN1CCCC(N(C)CC(=O)O)CC1)c1ccc(Cl)cc1.Cl. The summed E-state index contributed by atoms with van der Waals surface area (Å²) in [5.41, 5.74) is 1.02. The van der Waals surface area contributed by atoms with Crippen molar-refractivity contribution in [1.29, 1.82) is 0 Å². The van der Waals surface area contributed by atoms with Crippen LogP contribution in [0.4, 0.5) is 0 Å². The summed E-state index contributed by atoms with van der Waals surface area (Å²) in [7, 11) is 1.86. The van der Waals surface area contributed by atoms with Crippen molar-refractivity contribution in [3.05, 3.63) is 34.9 Å². The number of nitrogens with one attached hydrogen (secondary N) is 1. The second-order valence-electron chi connectivity index (χ2n) is 7.01. The van der Waals surface area contributed by atoms with Crippen molar-refractivity contribution in [2.24, 2.45) is 0 Å². The standard InChI is InChI=1S/C19H28ClN3O3.ClH/c1-14(15-5-7-16(20)8-6-15)21-18(24)12-23-10-3-4-17(9-11-23)22(2)13-19(25)26;/h5-8,14,17H,3-4,9-13H2,1-2H3,(H,21,24)(H,25,26);1H. The first-order valence-electron chi connectivity index (χ1n) is 9.04. The van der Waals surface area contributed by atoms with Crippen LogP contribution in [0.3, 0.4) is 0 Å². The molecule has 1 heterocycles. The number of hydrogen-bond acceptors (Lipinski definition) is 4. The van der Waals surface area contributed by atoms with E-state index in [-0.39, 0.29) is 36.9 Å². The van der Waals surface area contributed by atoms with E-state index in [4.69, 9.17) is 16.7 Å². The molecule has 152 valence electrons. The molecule has 2 rings (SSSR count). The third kappa shape index (κ3) is 8.05. The van der Waals surface area contributed by atoms with Gasteiger partial charge < -0.3 is 10.4 Å².